The Morgan fingerprint density at radius 1 is 1.08 bits per heavy atom. The fraction of sp³-hybridized carbons (Fsp3) is 0.0526. The van der Waals surface area contributed by atoms with E-state index in [1.54, 1.807) is 36.4 Å². The van der Waals surface area contributed by atoms with Crippen LogP contribution in [0.5, 0.6) is 0 Å². The maximum Gasteiger partial charge on any atom is 0.331 e. The Bertz CT molecular complexity index is 985. The molecule has 0 amide bonds. The van der Waals surface area contributed by atoms with Crippen LogP contribution in [-0.2, 0) is 4.79 Å². The standard InChI is InChI=1S/C19H13BrFNO3/c20-13-8-9-16(21)15(11-13)17(19(24)25)22-10-4-7-14(18(22)23)12-5-2-1-3-6-12/h1-11,17H,(H,24,25). The number of aliphatic carboxylic acids is 1. The van der Waals surface area contributed by atoms with Crippen LogP contribution < -0.4 is 5.56 Å². The van der Waals surface area contributed by atoms with Crippen LogP contribution in [0.2, 0.25) is 0 Å². The number of pyridine rings is 1. The Kier molecular flexibility index (Phi) is 4.81. The van der Waals surface area contributed by atoms with Crippen molar-refractivity contribution in [1.82, 2.24) is 4.57 Å². The number of carbonyl (C=O) groups is 1. The van der Waals surface area contributed by atoms with Gasteiger partial charge in [0.25, 0.3) is 5.56 Å². The Morgan fingerprint density at radius 3 is 2.48 bits per heavy atom. The van der Waals surface area contributed by atoms with Crippen molar-refractivity contribution in [3.63, 3.8) is 0 Å². The molecule has 0 saturated heterocycles. The van der Waals surface area contributed by atoms with Crippen molar-refractivity contribution < 1.29 is 14.3 Å². The Labute approximate surface area is 151 Å². The first-order valence-electron chi connectivity index (χ1n) is 7.43. The lowest BCUT2D eigenvalue weighted by Gasteiger charge is -2.18. The number of nitrogens with zero attached hydrogens (tertiary/aromatic N) is 1. The number of rotatable bonds is 4. The molecule has 6 heteroatoms. The summed E-state index contributed by atoms with van der Waals surface area (Å²) in [5.41, 5.74) is 0.431. The van der Waals surface area contributed by atoms with E-state index in [0.29, 0.717) is 15.6 Å². The molecular weight excluding hydrogens is 389 g/mol. The van der Waals surface area contributed by atoms with Gasteiger partial charge in [-0.05, 0) is 35.9 Å². The van der Waals surface area contributed by atoms with Crippen LogP contribution in [0.1, 0.15) is 11.6 Å². The predicted molar refractivity (Wildman–Crippen MR) is 96.0 cm³/mol. The van der Waals surface area contributed by atoms with E-state index in [1.165, 1.54) is 24.4 Å². The third-order valence-electron chi connectivity index (χ3n) is 3.82. The largest absolute Gasteiger partial charge is 0.479 e. The molecule has 1 aromatic heterocycles. The summed E-state index contributed by atoms with van der Waals surface area (Å²) in [6, 6.07) is 14.7. The van der Waals surface area contributed by atoms with Gasteiger partial charge >= 0.3 is 5.97 Å². The summed E-state index contributed by atoms with van der Waals surface area (Å²) in [6.07, 6.45) is 1.36. The molecule has 1 atom stereocenters. The number of benzene rings is 2. The zero-order valence-electron chi connectivity index (χ0n) is 12.9. The summed E-state index contributed by atoms with van der Waals surface area (Å²) in [7, 11) is 0. The van der Waals surface area contributed by atoms with Crippen molar-refractivity contribution in [1.29, 1.82) is 0 Å². The van der Waals surface area contributed by atoms with Crippen LogP contribution >= 0.6 is 15.9 Å². The molecule has 1 unspecified atom stereocenters. The van der Waals surface area contributed by atoms with E-state index in [4.69, 9.17) is 0 Å². The van der Waals surface area contributed by atoms with Crippen LogP contribution in [0.25, 0.3) is 11.1 Å². The molecule has 3 aromatic rings. The summed E-state index contributed by atoms with van der Waals surface area (Å²) < 4.78 is 15.8. The summed E-state index contributed by atoms with van der Waals surface area (Å²) in [6.45, 7) is 0. The molecule has 1 heterocycles. The van der Waals surface area contributed by atoms with Crippen molar-refractivity contribution in [3.8, 4) is 11.1 Å². The van der Waals surface area contributed by atoms with E-state index in [0.717, 1.165) is 4.57 Å². The first-order valence-corrected chi connectivity index (χ1v) is 8.22. The second-order valence-corrected chi connectivity index (χ2v) is 6.32. The minimum atomic E-state index is -1.46. The highest BCUT2D eigenvalue weighted by molar-refractivity contribution is 9.10. The molecule has 0 aliphatic heterocycles. The molecule has 25 heavy (non-hydrogen) atoms. The third-order valence-corrected chi connectivity index (χ3v) is 4.32. The molecule has 1 N–H and O–H groups in total. The summed E-state index contributed by atoms with van der Waals surface area (Å²) >= 11 is 3.21. The normalized spacial score (nSPS) is 11.9. The van der Waals surface area contributed by atoms with Crippen LogP contribution in [0.3, 0.4) is 0 Å². The summed E-state index contributed by atoms with van der Waals surface area (Å²) in [5.74, 6) is -2.00. The summed E-state index contributed by atoms with van der Waals surface area (Å²) in [4.78, 5) is 24.7. The van der Waals surface area contributed by atoms with Crippen LogP contribution in [0.4, 0.5) is 4.39 Å². The molecular formula is C19H13BrFNO3. The molecule has 3 rings (SSSR count). The van der Waals surface area contributed by atoms with E-state index < -0.39 is 23.4 Å². The third kappa shape index (κ3) is 3.39. The van der Waals surface area contributed by atoms with E-state index in [1.807, 2.05) is 6.07 Å². The molecule has 0 aliphatic rings. The Hall–Kier alpha value is -2.73. The van der Waals surface area contributed by atoms with E-state index in [-0.39, 0.29) is 5.56 Å². The van der Waals surface area contributed by atoms with Crippen molar-refractivity contribution in [3.05, 3.63) is 93.1 Å². The van der Waals surface area contributed by atoms with Gasteiger partial charge in [0.1, 0.15) is 5.82 Å². The van der Waals surface area contributed by atoms with Gasteiger partial charge in [-0.25, -0.2) is 9.18 Å². The van der Waals surface area contributed by atoms with Gasteiger partial charge in [0.05, 0.1) is 0 Å². The van der Waals surface area contributed by atoms with Gasteiger partial charge in [-0.15, -0.1) is 0 Å². The van der Waals surface area contributed by atoms with Gasteiger partial charge in [-0.3, -0.25) is 9.36 Å². The molecule has 126 valence electrons. The monoisotopic (exact) mass is 401 g/mol. The molecule has 0 saturated carbocycles. The topological polar surface area (TPSA) is 59.3 Å². The maximum absolute atomic E-state index is 14.2. The fourth-order valence-electron chi connectivity index (χ4n) is 2.68. The zero-order valence-corrected chi connectivity index (χ0v) is 14.5. The minimum Gasteiger partial charge on any atom is -0.479 e. The lowest BCUT2D eigenvalue weighted by Crippen LogP contribution is -2.31. The quantitative estimate of drug-likeness (QED) is 0.715. The first-order chi connectivity index (χ1) is 12.0. The van der Waals surface area contributed by atoms with Gasteiger partial charge in [0, 0.05) is 21.8 Å². The van der Waals surface area contributed by atoms with E-state index >= 15 is 0 Å². The van der Waals surface area contributed by atoms with Crippen molar-refractivity contribution in [2.24, 2.45) is 0 Å². The first kappa shape index (κ1) is 17.1. The number of carboxylic acid groups (broad SMARTS) is 1. The lowest BCUT2D eigenvalue weighted by atomic mass is 10.0. The Morgan fingerprint density at radius 2 is 1.80 bits per heavy atom. The highest BCUT2D eigenvalue weighted by Gasteiger charge is 2.27. The van der Waals surface area contributed by atoms with Gasteiger partial charge in [0.15, 0.2) is 6.04 Å². The van der Waals surface area contributed by atoms with Crippen LogP contribution in [0, 0.1) is 5.82 Å². The highest BCUT2D eigenvalue weighted by Crippen LogP contribution is 2.25. The number of aromatic nitrogens is 1. The summed E-state index contributed by atoms with van der Waals surface area (Å²) in [5, 5.41) is 9.64. The smallest absolute Gasteiger partial charge is 0.331 e. The van der Waals surface area contributed by atoms with Gasteiger partial charge in [-0.1, -0.05) is 46.3 Å². The molecule has 0 bridgehead atoms. The molecule has 0 radical (unpaired) electrons. The average Bonchev–Trinajstić information content (AvgIpc) is 2.60. The molecule has 0 aliphatic carbocycles. The molecule has 0 spiro atoms. The number of halogens is 2. The van der Waals surface area contributed by atoms with Crippen LogP contribution in [0.15, 0.2) is 76.1 Å². The van der Waals surface area contributed by atoms with Gasteiger partial charge < -0.3 is 5.11 Å². The SMILES string of the molecule is O=C(O)C(c1cc(Br)ccc1F)n1cccc(-c2ccccc2)c1=O. The number of hydrogen-bond donors (Lipinski definition) is 1. The average molecular weight is 402 g/mol. The molecule has 2 aromatic carbocycles. The molecule has 4 nitrogen and oxygen atoms in total. The fourth-order valence-corrected chi connectivity index (χ4v) is 3.06. The Balaban J connectivity index is 2.21. The van der Waals surface area contributed by atoms with Crippen molar-refractivity contribution in [2.75, 3.05) is 0 Å². The zero-order chi connectivity index (χ0) is 18.0. The highest BCUT2D eigenvalue weighted by atomic mass is 79.9. The lowest BCUT2D eigenvalue weighted by molar-refractivity contribution is -0.139. The number of carboxylic acids is 1. The minimum absolute atomic E-state index is 0.0887. The van der Waals surface area contributed by atoms with Gasteiger partial charge in [0.2, 0.25) is 0 Å². The van der Waals surface area contributed by atoms with E-state index in [2.05, 4.69) is 15.9 Å². The van der Waals surface area contributed by atoms with Crippen molar-refractivity contribution >= 4 is 21.9 Å². The van der Waals surface area contributed by atoms with Crippen molar-refractivity contribution in [2.45, 2.75) is 6.04 Å². The van der Waals surface area contributed by atoms with E-state index in [9.17, 15) is 19.1 Å². The number of hydrogen-bond acceptors (Lipinski definition) is 2. The molecule has 0 fully saturated rings. The second-order valence-electron chi connectivity index (χ2n) is 5.41. The second kappa shape index (κ2) is 7.03. The maximum atomic E-state index is 14.2. The predicted octanol–water partition coefficient (Wildman–Crippen LogP) is 4.09. The van der Waals surface area contributed by atoms with Gasteiger partial charge in [-0.2, -0.15) is 0 Å². The van der Waals surface area contributed by atoms with Crippen LogP contribution in [-0.4, -0.2) is 15.6 Å².